The van der Waals surface area contributed by atoms with E-state index < -0.39 is 11.4 Å². The van der Waals surface area contributed by atoms with E-state index in [1.165, 1.54) is 0 Å². The molecule has 0 saturated carbocycles. The molecule has 19 heavy (non-hydrogen) atoms. The van der Waals surface area contributed by atoms with Gasteiger partial charge in [-0.2, -0.15) is 0 Å². The van der Waals surface area contributed by atoms with Gasteiger partial charge >= 0.3 is 5.97 Å². The Morgan fingerprint density at radius 1 is 1.42 bits per heavy atom. The summed E-state index contributed by atoms with van der Waals surface area (Å²) in [5.74, 6) is -0.989. The fourth-order valence-corrected chi connectivity index (χ4v) is 2.04. The molecule has 110 valence electrons. The summed E-state index contributed by atoms with van der Waals surface area (Å²) in [7, 11) is 1.60. The van der Waals surface area contributed by atoms with E-state index >= 15 is 0 Å². The van der Waals surface area contributed by atoms with E-state index in [0.717, 1.165) is 0 Å². The van der Waals surface area contributed by atoms with Gasteiger partial charge in [0.2, 0.25) is 5.91 Å². The molecule has 6 heteroatoms. The number of hydrogen-bond acceptors (Lipinski definition) is 4. The molecule has 1 amide bonds. The molecular weight excluding hydrogens is 250 g/mol. The minimum Gasteiger partial charge on any atom is -0.481 e. The van der Waals surface area contributed by atoms with E-state index in [4.69, 9.17) is 9.47 Å². The largest absolute Gasteiger partial charge is 0.481 e. The molecule has 1 fully saturated rings. The van der Waals surface area contributed by atoms with Crippen LogP contribution in [0.15, 0.2) is 0 Å². The lowest BCUT2D eigenvalue weighted by atomic mass is 9.80. The van der Waals surface area contributed by atoms with Crippen LogP contribution in [-0.4, -0.2) is 50.0 Å². The quantitative estimate of drug-likeness (QED) is 0.716. The summed E-state index contributed by atoms with van der Waals surface area (Å²) in [6, 6.07) is 0. The number of hydrogen-bond donors (Lipinski definition) is 2. The number of ether oxygens (including phenoxy) is 2. The molecular formula is C13H23NO5. The van der Waals surface area contributed by atoms with Crippen molar-refractivity contribution in [3.63, 3.8) is 0 Å². The first kappa shape index (κ1) is 15.9. The second-order valence-electron chi connectivity index (χ2n) is 5.06. The van der Waals surface area contributed by atoms with Crippen LogP contribution in [0.25, 0.3) is 0 Å². The SMILES string of the molecule is COC(C)CCC(=O)NCC1(C(=O)O)CCOCC1. The summed E-state index contributed by atoms with van der Waals surface area (Å²) < 4.78 is 10.2. The Kier molecular flexibility index (Phi) is 6.24. The van der Waals surface area contributed by atoms with E-state index in [1.54, 1.807) is 7.11 Å². The van der Waals surface area contributed by atoms with Crippen molar-refractivity contribution in [2.45, 2.75) is 38.7 Å². The number of aliphatic carboxylic acids is 1. The van der Waals surface area contributed by atoms with Gasteiger partial charge in [-0.25, -0.2) is 0 Å². The first-order chi connectivity index (χ1) is 9.00. The molecule has 1 saturated heterocycles. The average molecular weight is 273 g/mol. The van der Waals surface area contributed by atoms with Gasteiger partial charge in [0.25, 0.3) is 0 Å². The number of nitrogens with one attached hydrogen (secondary N) is 1. The highest BCUT2D eigenvalue weighted by Crippen LogP contribution is 2.30. The van der Waals surface area contributed by atoms with Crippen LogP contribution in [0.1, 0.15) is 32.6 Å². The molecule has 0 aromatic carbocycles. The zero-order valence-electron chi connectivity index (χ0n) is 11.6. The van der Waals surface area contributed by atoms with Gasteiger partial charge < -0.3 is 19.9 Å². The predicted octanol–water partition coefficient (Wildman–Crippen LogP) is 0.799. The van der Waals surface area contributed by atoms with Gasteiger partial charge in [-0.3, -0.25) is 9.59 Å². The van der Waals surface area contributed by atoms with Crippen LogP contribution in [0.2, 0.25) is 0 Å². The molecule has 1 aliphatic rings. The Bertz CT molecular complexity index is 312. The average Bonchev–Trinajstić information content (AvgIpc) is 2.43. The number of methoxy groups -OCH3 is 1. The first-order valence-corrected chi connectivity index (χ1v) is 6.61. The maximum absolute atomic E-state index is 11.7. The van der Waals surface area contributed by atoms with Crippen molar-refractivity contribution < 1.29 is 24.2 Å². The van der Waals surface area contributed by atoms with Gasteiger partial charge in [0.15, 0.2) is 0 Å². The summed E-state index contributed by atoms with van der Waals surface area (Å²) in [6.45, 7) is 2.93. The third-order valence-corrected chi connectivity index (χ3v) is 3.71. The molecule has 0 aromatic rings. The Morgan fingerprint density at radius 2 is 2.05 bits per heavy atom. The molecule has 0 bridgehead atoms. The highest BCUT2D eigenvalue weighted by atomic mass is 16.5. The highest BCUT2D eigenvalue weighted by Gasteiger charge is 2.40. The standard InChI is InChI=1S/C13H23NO5/c1-10(18-2)3-4-11(15)14-9-13(12(16)17)5-7-19-8-6-13/h10H,3-9H2,1-2H3,(H,14,15)(H,16,17). The van der Waals surface area contributed by atoms with Gasteiger partial charge in [-0.05, 0) is 26.2 Å². The third-order valence-electron chi connectivity index (χ3n) is 3.71. The number of carboxylic acid groups (broad SMARTS) is 1. The summed E-state index contributed by atoms with van der Waals surface area (Å²) in [5.41, 5.74) is -0.874. The molecule has 0 radical (unpaired) electrons. The first-order valence-electron chi connectivity index (χ1n) is 6.61. The van der Waals surface area contributed by atoms with Crippen molar-refractivity contribution in [1.82, 2.24) is 5.32 Å². The number of rotatable bonds is 7. The van der Waals surface area contributed by atoms with Crippen molar-refractivity contribution in [3.05, 3.63) is 0 Å². The van der Waals surface area contributed by atoms with Gasteiger partial charge in [-0.1, -0.05) is 0 Å². The normalized spacial score (nSPS) is 19.7. The molecule has 1 heterocycles. The Balaban J connectivity index is 2.39. The van der Waals surface area contributed by atoms with Gasteiger partial charge in [0.1, 0.15) is 0 Å². The van der Waals surface area contributed by atoms with Crippen molar-refractivity contribution in [1.29, 1.82) is 0 Å². The topological polar surface area (TPSA) is 84.9 Å². The number of amides is 1. The minimum absolute atomic E-state index is 0.0299. The minimum atomic E-state index is -0.874. The summed E-state index contributed by atoms with van der Waals surface area (Å²) >= 11 is 0. The maximum Gasteiger partial charge on any atom is 0.311 e. The molecule has 0 aromatic heterocycles. The second-order valence-corrected chi connectivity index (χ2v) is 5.06. The molecule has 6 nitrogen and oxygen atoms in total. The van der Waals surface area contributed by atoms with Crippen LogP contribution in [0, 0.1) is 5.41 Å². The van der Waals surface area contributed by atoms with E-state index in [2.05, 4.69) is 5.32 Å². The van der Waals surface area contributed by atoms with Crippen molar-refractivity contribution in [3.8, 4) is 0 Å². The summed E-state index contributed by atoms with van der Waals surface area (Å²) in [5, 5.41) is 12.1. The van der Waals surface area contributed by atoms with Crippen molar-refractivity contribution in [2.24, 2.45) is 5.41 Å². The molecule has 1 atom stereocenters. The highest BCUT2D eigenvalue weighted by molar-refractivity contribution is 5.79. The van der Waals surface area contributed by atoms with Crippen LogP contribution in [0.3, 0.4) is 0 Å². The van der Waals surface area contributed by atoms with E-state index in [-0.39, 0.29) is 18.6 Å². The van der Waals surface area contributed by atoms with Gasteiger partial charge in [0, 0.05) is 33.3 Å². The zero-order valence-corrected chi connectivity index (χ0v) is 11.6. The van der Waals surface area contributed by atoms with E-state index in [1.807, 2.05) is 6.92 Å². The lowest BCUT2D eigenvalue weighted by molar-refractivity contribution is -0.154. The monoisotopic (exact) mass is 273 g/mol. The number of carbonyl (C=O) groups excluding carboxylic acids is 1. The zero-order chi connectivity index (χ0) is 14.3. The van der Waals surface area contributed by atoms with Gasteiger partial charge in [0.05, 0.1) is 11.5 Å². The van der Waals surface area contributed by atoms with Crippen LogP contribution < -0.4 is 5.32 Å². The Hall–Kier alpha value is -1.14. The van der Waals surface area contributed by atoms with E-state index in [9.17, 15) is 14.7 Å². The Labute approximate surface area is 113 Å². The molecule has 1 rings (SSSR count). The van der Waals surface area contributed by atoms with Gasteiger partial charge in [-0.15, -0.1) is 0 Å². The smallest absolute Gasteiger partial charge is 0.311 e. The molecule has 0 aliphatic carbocycles. The molecule has 1 unspecified atom stereocenters. The van der Waals surface area contributed by atoms with E-state index in [0.29, 0.717) is 38.9 Å². The summed E-state index contributed by atoms with van der Waals surface area (Å²) in [6.07, 6.45) is 1.89. The number of carboxylic acids is 1. The maximum atomic E-state index is 11.7. The van der Waals surface area contributed by atoms with Crippen LogP contribution in [0.5, 0.6) is 0 Å². The third kappa shape index (κ3) is 4.80. The van der Waals surface area contributed by atoms with Crippen LogP contribution in [-0.2, 0) is 19.1 Å². The van der Waals surface area contributed by atoms with Crippen LogP contribution in [0.4, 0.5) is 0 Å². The number of carbonyl (C=O) groups is 2. The predicted molar refractivity (Wildman–Crippen MR) is 68.8 cm³/mol. The molecule has 0 spiro atoms. The molecule has 2 N–H and O–H groups in total. The lowest BCUT2D eigenvalue weighted by Crippen LogP contribution is -2.46. The van der Waals surface area contributed by atoms with Crippen molar-refractivity contribution in [2.75, 3.05) is 26.9 Å². The lowest BCUT2D eigenvalue weighted by Gasteiger charge is -2.33. The van der Waals surface area contributed by atoms with Crippen molar-refractivity contribution >= 4 is 11.9 Å². The fraction of sp³-hybridized carbons (Fsp3) is 0.846. The Morgan fingerprint density at radius 3 is 2.58 bits per heavy atom. The van der Waals surface area contributed by atoms with Crippen LogP contribution >= 0.6 is 0 Å². The molecule has 1 aliphatic heterocycles. The summed E-state index contributed by atoms with van der Waals surface area (Å²) in [4.78, 5) is 23.1. The second kappa shape index (κ2) is 7.45. The fourth-order valence-electron chi connectivity index (χ4n) is 2.04.